The standard InChI is InChI=1S/C31H34FN3O3/c1-23(32)9-14-30(36)35(28-8-5-7-25(19-28)26-15-16-34-29(20-26)37-4)17-6-18-38-21-24-10-12-27(13-11-24)31(2,3)22-33/h5,7-8,10-13,15-16,19-20H,1,6,9,14,17-18,21H2,2-4H3. The van der Waals surface area contributed by atoms with E-state index in [2.05, 4.69) is 17.6 Å². The summed E-state index contributed by atoms with van der Waals surface area (Å²) in [6.45, 7) is 8.36. The van der Waals surface area contributed by atoms with E-state index >= 15 is 0 Å². The first kappa shape index (κ1) is 28.5. The van der Waals surface area contributed by atoms with Crippen LogP contribution in [0.15, 0.2) is 79.3 Å². The van der Waals surface area contributed by atoms with Crippen LogP contribution in [-0.4, -0.2) is 31.2 Å². The Kier molecular flexibility index (Phi) is 10.1. The van der Waals surface area contributed by atoms with Crippen molar-refractivity contribution in [1.29, 1.82) is 5.26 Å². The summed E-state index contributed by atoms with van der Waals surface area (Å²) >= 11 is 0. The highest BCUT2D eigenvalue weighted by Crippen LogP contribution is 2.27. The van der Waals surface area contributed by atoms with Crippen molar-refractivity contribution in [1.82, 2.24) is 4.98 Å². The highest BCUT2D eigenvalue weighted by molar-refractivity contribution is 5.94. The number of carbonyl (C=O) groups is 1. The zero-order chi connectivity index (χ0) is 27.5. The van der Waals surface area contributed by atoms with Gasteiger partial charge in [-0.25, -0.2) is 9.37 Å². The minimum atomic E-state index is -0.537. The molecule has 0 radical (unpaired) electrons. The molecule has 0 unspecified atom stereocenters. The van der Waals surface area contributed by atoms with Gasteiger partial charge in [-0.15, -0.1) is 0 Å². The Hall–Kier alpha value is -4.02. The molecule has 198 valence electrons. The average molecular weight is 516 g/mol. The first-order valence-electron chi connectivity index (χ1n) is 12.6. The number of amides is 1. The van der Waals surface area contributed by atoms with Crippen LogP contribution < -0.4 is 9.64 Å². The number of halogens is 1. The average Bonchev–Trinajstić information content (AvgIpc) is 2.94. The number of nitriles is 1. The molecule has 7 heteroatoms. The molecule has 0 aliphatic carbocycles. The van der Waals surface area contributed by atoms with E-state index < -0.39 is 11.2 Å². The molecule has 0 N–H and O–H groups in total. The van der Waals surface area contributed by atoms with Crippen LogP contribution in [0.3, 0.4) is 0 Å². The van der Waals surface area contributed by atoms with Crippen LogP contribution in [-0.2, 0) is 21.6 Å². The summed E-state index contributed by atoms with van der Waals surface area (Å²) in [5, 5.41) is 9.31. The molecule has 0 atom stereocenters. The number of hydrogen-bond acceptors (Lipinski definition) is 5. The highest BCUT2D eigenvalue weighted by atomic mass is 19.1. The molecule has 0 spiro atoms. The van der Waals surface area contributed by atoms with Crippen LogP contribution in [0.1, 0.15) is 44.2 Å². The minimum absolute atomic E-state index is 0.00825. The fourth-order valence-corrected chi connectivity index (χ4v) is 3.93. The number of allylic oxidation sites excluding steroid dienone is 1. The first-order chi connectivity index (χ1) is 18.2. The van der Waals surface area contributed by atoms with Gasteiger partial charge in [0.25, 0.3) is 0 Å². The minimum Gasteiger partial charge on any atom is -0.481 e. The second-order valence-corrected chi connectivity index (χ2v) is 9.54. The maximum Gasteiger partial charge on any atom is 0.227 e. The Morgan fingerprint density at radius 3 is 2.53 bits per heavy atom. The number of rotatable bonds is 13. The number of aromatic nitrogens is 1. The molecule has 2 aromatic carbocycles. The number of carbonyl (C=O) groups excluding carboxylic acids is 1. The van der Waals surface area contributed by atoms with Crippen LogP contribution in [0, 0.1) is 11.3 Å². The monoisotopic (exact) mass is 515 g/mol. The van der Waals surface area contributed by atoms with E-state index in [0.29, 0.717) is 32.1 Å². The van der Waals surface area contributed by atoms with Crippen molar-refractivity contribution in [3.05, 3.63) is 90.4 Å². The molecule has 0 saturated heterocycles. The normalized spacial score (nSPS) is 11.0. The Balaban J connectivity index is 1.65. The van der Waals surface area contributed by atoms with E-state index in [1.165, 1.54) is 0 Å². The largest absolute Gasteiger partial charge is 0.481 e. The lowest BCUT2D eigenvalue weighted by Crippen LogP contribution is -2.32. The van der Waals surface area contributed by atoms with Gasteiger partial charge in [0.05, 0.1) is 31.0 Å². The van der Waals surface area contributed by atoms with Crippen LogP contribution in [0.2, 0.25) is 0 Å². The summed E-state index contributed by atoms with van der Waals surface area (Å²) in [7, 11) is 1.56. The van der Waals surface area contributed by atoms with E-state index in [1.807, 2.05) is 74.5 Å². The fraction of sp³-hybridized carbons (Fsp3) is 0.323. The van der Waals surface area contributed by atoms with E-state index in [4.69, 9.17) is 9.47 Å². The summed E-state index contributed by atoms with van der Waals surface area (Å²) in [5.74, 6) is -0.185. The van der Waals surface area contributed by atoms with Crippen LogP contribution >= 0.6 is 0 Å². The number of ether oxygens (including phenoxy) is 2. The lowest BCUT2D eigenvalue weighted by atomic mass is 9.86. The molecular formula is C31H34FN3O3. The first-order valence-corrected chi connectivity index (χ1v) is 12.6. The third-order valence-electron chi connectivity index (χ3n) is 6.24. The number of methoxy groups -OCH3 is 1. The Labute approximate surface area is 224 Å². The van der Waals surface area contributed by atoms with Gasteiger partial charge in [-0.05, 0) is 60.7 Å². The van der Waals surface area contributed by atoms with Gasteiger partial charge < -0.3 is 14.4 Å². The SMILES string of the molecule is C=C(F)CCC(=O)N(CCCOCc1ccc(C(C)(C)C#N)cc1)c1cccc(-c2ccnc(OC)c2)c1. The molecule has 0 fully saturated rings. The molecule has 0 aliphatic heterocycles. The summed E-state index contributed by atoms with van der Waals surface area (Å²) < 4.78 is 24.4. The zero-order valence-electron chi connectivity index (χ0n) is 22.2. The van der Waals surface area contributed by atoms with Crippen LogP contribution in [0.4, 0.5) is 10.1 Å². The predicted octanol–water partition coefficient (Wildman–Crippen LogP) is 6.76. The highest BCUT2D eigenvalue weighted by Gasteiger charge is 2.19. The van der Waals surface area contributed by atoms with Crippen molar-refractivity contribution in [3.63, 3.8) is 0 Å². The summed E-state index contributed by atoms with van der Waals surface area (Å²) in [6.07, 6.45) is 2.31. The fourth-order valence-electron chi connectivity index (χ4n) is 3.93. The maximum absolute atomic E-state index is 13.3. The van der Waals surface area contributed by atoms with Gasteiger partial charge in [0, 0.05) is 43.9 Å². The number of anilines is 1. The second kappa shape index (κ2) is 13.5. The van der Waals surface area contributed by atoms with Gasteiger partial charge in [0.1, 0.15) is 0 Å². The Bertz CT molecular complexity index is 1280. The molecule has 0 aliphatic rings. The van der Waals surface area contributed by atoms with Gasteiger partial charge in [0.15, 0.2) is 0 Å². The summed E-state index contributed by atoms with van der Waals surface area (Å²) in [5.41, 5.74) is 3.98. The Morgan fingerprint density at radius 1 is 1.11 bits per heavy atom. The van der Waals surface area contributed by atoms with Gasteiger partial charge in [0.2, 0.25) is 11.8 Å². The van der Waals surface area contributed by atoms with Gasteiger partial charge in [-0.1, -0.05) is 43.0 Å². The van der Waals surface area contributed by atoms with Crippen molar-refractivity contribution >= 4 is 11.6 Å². The molecule has 6 nitrogen and oxygen atoms in total. The molecule has 3 rings (SSSR count). The lowest BCUT2D eigenvalue weighted by molar-refractivity contribution is -0.118. The van der Waals surface area contributed by atoms with E-state index in [0.717, 1.165) is 27.9 Å². The van der Waals surface area contributed by atoms with E-state index in [-0.39, 0.29) is 18.7 Å². The van der Waals surface area contributed by atoms with Gasteiger partial charge in [-0.3, -0.25) is 4.79 Å². The third-order valence-corrected chi connectivity index (χ3v) is 6.24. The molecule has 1 aromatic heterocycles. The number of pyridine rings is 1. The Morgan fingerprint density at radius 2 is 1.84 bits per heavy atom. The topological polar surface area (TPSA) is 75.5 Å². The predicted molar refractivity (Wildman–Crippen MR) is 147 cm³/mol. The number of nitrogens with zero attached hydrogens (tertiary/aromatic N) is 3. The van der Waals surface area contributed by atoms with E-state index in [9.17, 15) is 14.4 Å². The lowest BCUT2D eigenvalue weighted by Gasteiger charge is -2.24. The molecular weight excluding hydrogens is 481 g/mol. The summed E-state index contributed by atoms with van der Waals surface area (Å²) in [4.78, 5) is 18.9. The second-order valence-electron chi connectivity index (χ2n) is 9.54. The van der Waals surface area contributed by atoms with E-state index in [1.54, 1.807) is 18.2 Å². The van der Waals surface area contributed by atoms with Crippen molar-refractivity contribution in [2.45, 2.75) is 45.1 Å². The van der Waals surface area contributed by atoms with Crippen LogP contribution in [0.25, 0.3) is 11.1 Å². The molecule has 38 heavy (non-hydrogen) atoms. The van der Waals surface area contributed by atoms with Gasteiger partial charge >= 0.3 is 0 Å². The molecule has 1 amide bonds. The third kappa shape index (κ3) is 7.99. The quantitative estimate of drug-likeness (QED) is 0.235. The van der Waals surface area contributed by atoms with Crippen LogP contribution in [0.5, 0.6) is 5.88 Å². The summed E-state index contributed by atoms with van der Waals surface area (Å²) in [6, 6.07) is 21.5. The number of hydrogen-bond donors (Lipinski definition) is 0. The molecule has 0 bridgehead atoms. The van der Waals surface area contributed by atoms with Gasteiger partial charge in [-0.2, -0.15) is 5.26 Å². The smallest absolute Gasteiger partial charge is 0.227 e. The zero-order valence-corrected chi connectivity index (χ0v) is 22.2. The van der Waals surface area contributed by atoms with Crippen molar-refractivity contribution < 1.29 is 18.7 Å². The van der Waals surface area contributed by atoms with Crippen molar-refractivity contribution in [2.75, 3.05) is 25.2 Å². The van der Waals surface area contributed by atoms with Crippen molar-refractivity contribution in [3.8, 4) is 23.1 Å². The molecule has 1 heterocycles. The number of benzene rings is 2. The molecule has 0 saturated carbocycles. The van der Waals surface area contributed by atoms with Crippen molar-refractivity contribution in [2.24, 2.45) is 0 Å². The molecule has 3 aromatic rings. The maximum atomic E-state index is 13.3.